The molecule has 0 unspecified atom stereocenters. The summed E-state index contributed by atoms with van der Waals surface area (Å²) in [6.07, 6.45) is 2.31. The van der Waals surface area contributed by atoms with E-state index in [2.05, 4.69) is 22.5 Å². The molecule has 0 radical (unpaired) electrons. The lowest BCUT2D eigenvalue weighted by atomic mass is 10.5. The monoisotopic (exact) mass is 353 g/mol. The molecule has 0 aliphatic rings. The van der Waals surface area contributed by atoms with Crippen molar-refractivity contribution in [2.24, 2.45) is 0 Å². The van der Waals surface area contributed by atoms with Crippen LogP contribution >= 0.6 is 27.3 Å². The zero-order chi connectivity index (χ0) is 13.8. The molecule has 0 aliphatic heterocycles. The number of halogens is 1. The van der Waals surface area contributed by atoms with E-state index >= 15 is 0 Å². The molecule has 1 N–H and O–H groups in total. The topological polar surface area (TPSA) is 57.6 Å². The molecule has 0 aromatic carbocycles. The third kappa shape index (κ3) is 3.42. The molecule has 102 valence electrons. The average Bonchev–Trinajstić information content (AvgIpc) is 2.71. The van der Waals surface area contributed by atoms with Gasteiger partial charge >= 0.3 is 0 Å². The van der Waals surface area contributed by atoms with E-state index in [1.807, 2.05) is 6.92 Å². The molecule has 1 aromatic heterocycles. The van der Waals surface area contributed by atoms with Crippen LogP contribution in [0.2, 0.25) is 0 Å². The number of rotatable bonds is 7. The second-order valence-electron chi connectivity index (χ2n) is 3.66. The van der Waals surface area contributed by atoms with Crippen molar-refractivity contribution in [1.29, 1.82) is 0 Å². The quantitative estimate of drug-likeness (QED) is 0.766. The summed E-state index contributed by atoms with van der Waals surface area (Å²) in [5.74, 6) is 0. The minimum absolute atomic E-state index is 0.159. The Morgan fingerprint density at radius 1 is 1.61 bits per heavy atom. The SMILES string of the molecule is C=CCN(CCC)S(=O)(=O)c1cc(CO)sc1Br. The Bertz CT molecular complexity index is 510. The van der Waals surface area contributed by atoms with E-state index in [0.29, 0.717) is 15.2 Å². The molecular formula is C11H16BrNO3S2. The molecular weight excluding hydrogens is 338 g/mol. The Morgan fingerprint density at radius 2 is 2.28 bits per heavy atom. The lowest BCUT2D eigenvalue weighted by Crippen LogP contribution is -2.31. The van der Waals surface area contributed by atoms with Crippen LogP contribution in [0.4, 0.5) is 0 Å². The van der Waals surface area contributed by atoms with E-state index in [0.717, 1.165) is 6.42 Å². The maximum absolute atomic E-state index is 12.4. The fourth-order valence-corrected chi connectivity index (χ4v) is 5.49. The molecule has 0 fully saturated rings. The van der Waals surface area contributed by atoms with Gasteiger partial charge in [0.1, 0.15) is 4.90 Å². The summed E-state index contributed by atoms with van der Waals surface area (Å²) in [6.45, 7) is 6.08. The van der Waals surface area contributed by atoms with Crippen molar-refractivity contribution >= 4 is 37.3 Å². The molecule has 0 saturated heterocycles. The predicted octanol–water partition coefficient (Wildman–Crippen LogP) is 2.59. The fourth-order valence-electron chi connectivity index (χ4n) is 1.49. The number of nitrogens with zero attached hydrogens (tertiary/aromatic N) is 1. The van der Waals surface area contributed by atoms with Gasteiger partial charge in [-0.15, -0.1) is 17.9 Å². The van der Waals surface area contributed by atoms with E-state index in [1.54, 1.807) is 6.08 Å². The van der Waals surface area contributed by atoms with Crippen LogP contribution in [0.25, 0.3) is 0 Å². The predicted molar refractivity (Wildman–Crippen MR) is 77.2 cm³/mol. The van der Waals surface area contributed by atoms with Gasteiger partial charge in [-0.3, -0.25) is 0 Å². The zero-order valence-electron chi connectivity index (χ0n) is 10.1. The molecule has 1 rings (SSSR count). The van der Waals surface area contributed by atoms with Gasteiger partial charge in [0.15, 0.2) is 0 Å². The summed E-state index contributed by atoms with van der Waals surface area (Å²) in [5.41, 5.74) is 0. The van der Waals surface area contributed by atoms with Gasteiger partial charge in [-0.2, -0.15) is 4.31 Å². The van der Waals surface area contributed by atoms with E-state index in [9.17, 15) is 8.42 Å². The van der Waals surface area contributed by atoms with Crippen molar-refractivity contribution in [2.75, 3.05) is 13.1 Å². The largest absolute Gasteiger partial charge is 0.391 e. The highest BCUT2D eigenvalue weighted by molar-refractivity contribution is 9.11. The first-order valence-electron chi connectivity index (χ1n) is 5.47. The van der Waals surface area contributed by atoms with Crippen molar-refractivity contribution in [3.8, 4) is 0 Å². The molecule has 7 heteroatoms. The molecule has 1 aromatic rings. The first kappa shape index (κ1) is 15.8. The van der Waals surface area contributed by atoms with Gasteiger partial charge in [-0.25, -0.2) is 8.42 Å². The van der Waals surface area contributed by atoms with Crippen molar-refractivity contribution in [3.63, 3.8) is 0 Å². The van der Waals surface area contributed by atoms with Crippen LogP contribution in [0, 0.1) is 0 Å². The maximum Gasteiger partial charge on any atom is 0.245 e. The third-order valence-electron chi connectivity index (χ3n) is 2.29. The summed E-state index contributed by atoms with van der Waals surface area (Å²) in [6, 6.07) is 1.51. The van der Waals surface area contributed by atoms with Gasteiger partial charge in [0.25, 0.3) is 0 Å². The van der Waals surface area contributed by atoms with Gasteiger partial charge in [-0.05, 0) is 28.4 Å². The summed E-state index contributed by atoms with van der Waals surface area (Å²) in [7, 11) is -3.53. The Hall–Kier alpha value is -0.210. The molecule has 0 spiro atoms. The molecule has 0 aliphatic carbocycles. The van der Waals surface area contributed by atoms with Gasteiger partial charge < -0.3 is 5.11 Å². The highest BCUT2D eigenvalue weighted by Crippen LogP contribution is 2.33. The molecule has 0 amide bonds. The number of aliphatic hydroxyl groups excluding tert-OH is 1. The highest BCUT2D eigenvalue weighted by Gasteiger charge is 2.26. The van der Waals surface area contributed by atoms with Gasteiger partial charge in [0.05, 0.1) is 10.4 Å². The summed E-state index contributed by atoms with van der Waals surface area (Å²) in [4.78, 5) is 0.836. The van der Waals surface area contributed by atoms with E-state index in [-0.39, 0.29) is 18.0 Å². The van der Waals surface area contributed by atoms with E-state index in [1.165, 1.54) is 21.7 Å². The number of hydrogen-bond acceptors (Lipinski definition) is 4. The van der Waals surface area contributed by atoms with E-state index < -0.39 is 10.0 Å². The minimum atomic E-state index is -3.53. The molecule has 0 atom stereocenters. The average molecular weight is 354 g/mol. The van der Waals surface area contributed by atoms with Crippen LogP contribution < -0.4 is 0 Å². The Morgan fingerprint density at radius 3 is 2.72 bits per heavy atom. The van der Waals surface area contributed by atoms with Crippen molar-refractivity contribution in [2.45, 2.75) is 24.8 Å². The van der Waals surface area contributed by atoms with E-state index in [4.69, 9.17) is 5.11 Å². The molecule has 0 saturated carbocycles. The van der Waals surface area contributed by atoms with Gasteiger partial charge in [0, 0.05) is 18.0 Å². The Balaban J connectivity index is 3.16. The molecule has 0 bridgehead atoms. The van der Waals surface area contributed by atoms with Crippen molar-refractivity contribution in [3.05, 3.63) is 27.4 Å². The van der Waals surface area contributed by atoms with Crippen LogP contribution in [0.1, 0.15) is 18.2 Å². The van der Waals surface area contributed by atoms with Crippen molar-refractivity contribution in [1.82, 2.24) is 4.31 Å². The number of sulfonamides is 1. The second-order valence-corrected chi connectivity index (χ2v) is 8.02. The molecule has 4 nitrogen and oxygen atoms in total. The third-order valence-corrected chi connectivity index (χ3v) is 6.39. The first-order chi connectivity index (χ1) is 8.47. The van der Waals surface area contributed by atoms with Crippen LogP contribution in [0.5, 0.6) is 0 Å². The Kier molecular flexibility index (Phi) is 6.00. The number of aliphatic hydroxyl groups is 1. The first-order valence-corrected chi connectivity index (χ1v) is 8.52. The van der Waals surface area contributed by atoms with Gasteiger partial charge in [-0.1, -0.05) is 13.0 Å². The molecule has 1 heterocycles. The fraction of sp³-hybridized carbons (Fsp3) is 0.455. The summed E-state index contributed by atoms with van der Waals surface area (Å²) >= 11 is 4.47. The van der Waals surface area contributed by atoms with Crippen LogP contribution in [0.3, 0.4) is 0 Å². The summed E-state index contributed by atoms with van der Waals surface area (Å²) < 4.78 is 26.8. The standard InChI is InChI=1S/C11H16BrNO3S2/c1-3-5-13(6-4-2)18(15,16)10-7-9(8-14)17-11(10)12/h3,7,14H,1,4-6,8H2,2H3. The zero-order valence-corrected chi connectivity index (χ0v) is 13.3. The smallest absolute Gasteiger partial charge is 0.245 e. The second kappa shape index (κ2) is 6.81. The molecule has 18 heavy (non-hydrogen) atoms. The lowest BCUT2D eigenvalue weighted by Gasteiger charge is -2.19. The minimum Gasteiger partial charge on any atom is -0.391 e. The van der Waals surface area contributed by atoms with Crippen LogP contribution in [-0.4, -0.2) is 30.9 Å². The van der Waals surface area contributed by atoms with Crippen LogP contribution in [0.15, 0.2) is 27.4 Å². The maximum atomic E-state index is 12.4. The van der Waals surface area contributed by atoms with Crippen molar-refractivity contribution < 1.29 is 13.5 Å². The van der Waals surface area contributed by atoms with Crippen LogP contribution in [-0.2, 0) is 16.6 Å². The lowest BCUT2D eigenvalue weighted by molar-refractivity contribution is 0.285. The highest BCUT2D eigenvalue weighted by atomic mass is 79.9. The number of thiophene rings is 1. The normalized spacial score (nSPS) is 12.0. The number of hydrogen-bond donors (Lipinski definition) is 1. The summed E-state index contributed by atoms with van der Waals surface area (Å²) in [5, 5.41) is 9.05. The van der Waals surface area contributed by atoms with Gasteiger partial charge in [0.2, 0.25) is 10.0 Å². The Labute approximate surface area is 120 Å².